The summed E-state index contributed by atoms with van der Waals surface area (Å²) in [6, 6.07) is 15.1. The van der Waals surface area contributed by atoms with Crippen LogP contribution in [0, 0.1) is 0 Å². The predicted molar refractivity (Wildman–Crippen MR) is 108 cm³/mol. The Bertz CT molecular complexity index is 956. The molecule has 7 heteroatoms. The lowest BCUT2D eigenvalue weighted by atomic mass is 10.1. The molecule has 136 valence electrons. The smallest absolute Gasteiger partial charge is 0.251 e. The van der Waals surface area contributed by atoms with E-state index in [1.54, 1.807) is 34.6 Å². The first-order chi connectivity index (χ1) is 13.2. The molecular weight excluding hydrogens is 378 g/mol. The zero-order valence-electron chi connectivity index (χ0n) is 14.4. The van der Waals surface area contributed by atoms with Crippen LogP contribution in [0.5, 0.6) is 0 Å². The lowest BCUT2D eigenvalue weighted by Gasteiger charge is -2.28. The highest BCUT2D eigenvalue weighted by Gasteiger charge is 2.25. The van der Waals surface area contributed by atoms with Crippen molar-refractivity contribution in [1.29, 1.82) is 0 Å². The van der Waals surface area contributed by atoms with Gasteiger partial charge in [-0.15, -0.1) is 11.3 Å². The van der Waals surface area contributed by atoms with Gasteiger partial charge in [-0.25, -0.2) is 4.98 Å². The topological polar surface area (TPSA) is 62.3 Å². The van der Waals surface area contributed by atoms with Crippen molar-refractivity contribution in [2.75, 3.05) is 10.7 Å². The van der Waals surface area contributed by atoms with Crippen LogP contribution < -0.4 is 10.2 Å². The number of aromatic nitrogens is 1. The van der Waals surface area contributed by atoms with E-state index < -0.39 is 0 Å². The van der Waals surface area contributed by atoms with Gasteiger partial charge in [0, 0.05) is 16.6 Å². The van der Waals surface area contributed by atoms with Crippen LogP contribution in [0.15, 0.2) is 65.1 Å². The molecular formula is C20H17N3O2S2. The summed E-state index contributed by atoms with van der Waals surface area (Å²) in [5.41, 5.74) is 2.43. The summed E-state index contributed by atoms with van der Waals surface area (Å²) in [6.07, 6.45) is 1.74. The van der Waals surface area contributed by atoms with Gasteiger partial charge in [-0.1, -0.05) is 30.0 Å². The van der Waals surface area contributed by atoms with Crippen LogP contribution >= 0.6 is 23.1 Å². The molecule has 0 spiro atoms. The number of hydrogen-bond donors (Lipinski definition) is 1. The van der Waals surface area contributed by atoms with Gasteiger partial charge in [-0.3, -0.25) is 9.59 Å². The normalized spacial score (nSPS) is 13.3. The molecule has 0 unspecified atom stereocenters. The third-order valence-corrected chi connectivity index (χ3v) is 6.09. The van der Waals surface area contributed by atoms with Crippen LogP contribution in [0.2, 0.25) is 0 Å². The maximum absolute atomic E-state index is 12.3. The van der Waals surface area contributed by atoms with Gasteiger partial charge in [0.1, 0.15) is 5.03 Å². The average Bonchev–Trinajstić information content (AvgIpc) is 3.22. The molecule has 0 saturated heterocycles. The summed E-state index contributed by atoms with van der Waals surface area (Å²) in [5, 5.41) is 5.79. The van der Waals surface area contributed by atoms with E-state index in [2.05, 4.69) is 10.3 Å². The van der Waals surface area contributed by atoms with E-state index in [0.29, 0.717) is 24.4 Å². The van der Waals surface area contributed by atoms with Crippen molar-refractivity contribution in [3.8, 4) is 0 Å². The van der Waals surface area contributed by atoms with Gasteiger partial charge in [-0.2, -0.15) is 0 Å². The fraction of sp³-hybridized carbons (Fsp3) is 0.150. The zero-order chi connectivity index (χ0) is 18.6. The SMILES string of the molecule is O=C(NCc1cccs1)c1ccc(CN2C(=O)CSc3ncccc32)cc1. The van der Waals surface area contributed by atoms with Crippen molar-refractivity contribution < 1.29 is 9.59 Å². The first kappa shape index (κ1) is 17.8. The van der Waals surface area contributed by atoms with Crippen LogP contribution in [0.4, 0.5) is 5.69 Å². The van der Waals surface area contributed by atoms with Crippen molar-refractivity contribution >= 4 is 40.6 Å². The molecule has 5 nitrogen and oxygen atoms in total. The fourth-order valence-electron chi connectivity index (χ4n) is 2.84. The van der Waals surface area contributed by atoms with E-state index in [1.165, 1.54) is 11.8 Å². The number of carbonyl (C=O) groups excluding carboxylic acids is 2. The van der Waals surface area contributed by atoms with E-state index in [-0.39, 0.29) is 11.8 Å². The lowest BCUT2D eigenvalue weighted by Crippen LogP contribution is -2.35. The van der Waals surface area contributed by atoms with E-state index in [1.807, 2.05) is 41.8 Å². The van der Waals surface area contributed by atoms with Gasteiger partial charge >= 0.3 is 0 Å². The van der Waals surface area contributed by atoms with Crippen LogP contribution in [-0.4, -0.2) is 22.6 Å². The molecule has 3 aromatic rings. The second-order valence-electron chi connectivity index (χ2n) is 6.06. The molecule has 0 atom stereocenters. The summed E-state index contributed by atoms with van der Waals surface area (Å²) in [4.78, 5) is 31.8. The molecule has 1 N–H and O–H groups in total. The number of rotatable bonds is 5. The number of hydrogen-bond acceptors (Lipinski definition) is 5. The van der Waals surface area contributed by atoms with Crippen molar-refractivity contribution in [3.63, 3.8) is 0 Å². The number of pyridine rings is 1. The molecule has 4 rings (SSSR count). The molecule has 0 radical (unpaired) electrons. The first-order valence-electron chi connectivity index (χ1n) is 8.48. The van der Waals surface area contributed by atoms with Crippen LogP contribution in [0.1, 0.15) is 20.8 Å². The minimum Gasteiger partial charge on any atom is -0.347 e. The highest BCUT2D eigenvalue weighted by atomic mass is 32.2. The number of nitrogens with one attached hydrogen (secondary N) is 1. The Morgan fingerprint density at radius 2 is 2.00 bits per heavy atom. The number of fused-ring (bicyclic) bond motifs is 1. The summed E-state index contributed by atoms with van der Waals surface area (Å²) >= 11 is 3.08. The standard InChI is InChI=1S/C20H17N3O2S2/c24-18-13-27-20-17(4-1-9-21-20)23(18)12-14-5-7-15(8-6-14)19(25)22-11-16-3-2-10-26-16/h1-10H,11-13H2,(H,22,25). The van der Waals surface area contributed by atoms with E-state index in [9.17, 15) is 9.59 Å². The maximum Gasteiger partial charge on any atom is 0.251 e. The molecule has 1 aliphatic heterocycles. The highest BCUT2D eigenvalue weighted by molar-refractivity contribution is 8.00. The summed E-state index contributed by atoms with van der Waals surface area (Å²) in [7, 11) is 0. The molecule has 3 heterocycles. The Labute approximate surface area is 165 Å². The van der Waals surface area contributed by atoms with Gasteiger partial charge in [0.2, 0.25) is 5.91 Å². The number of thioether (sulfide) groups is 1. The lowest BCUT2D eigenvalue weighted by molar-refractivity contribution is -0.116. The number of thiophene rings is 1. The van der Waals surface area contributed by atoms with Crippen LogP contribution in [-0.2, 0) is 17.9 Å². The second-order valence-corrected chi connectivity index (χ2v) is 8.05. The molecule has 1 aromatic carbocycles. The fourth-order valence-corrected chi connectivity index (χ4v) is 4.36. The van der Waals surface area contributed by atoms with Crippen molar-refractivity contribution in [3.05, 3.63) is 76.1 Å². The Hall–Kier alpha value is -2.64. The molecule has 27 heavy (non-hydrogen) atoms. The molecule has 0 fully saturated rings. The van der Waals surface area contributed by atoms with Crippen LogP contribution in [0.3, 0.4) is 0 Å². The quantitative estimate of drug-likeness (QED) is 0.715. The van der Waals surface area contributed by atoms with Gasteiger partial charge in [0.05, 0.1) is 24.5 Å². The van der Waals surface area contributed by atoms with Crippen molar-refractivity contribution in [2.24, 2.45) is 0 Å². The Balaban J connectivity index is 1.43. The predicted octanol–water partition coefficient (Wildman–Crippen LogP) is 3.71. The first-order valence-corrected chi connectivity index (χ1v) is 10.3. The molecule has 0 bridgehead atoms. The number of carbonyl (C=O) groups is 2. The highest BCUT2D eigenvalue weighted by Crippen LogP contribution is 2.33. The molecule has 2 aromatic heterocycles. The number of benzene rings is 1. The molecule has 0 saturated carbocycles. The van der Waals surface area contributed by atoms with Crippen LogP contribution in [0.25, 0.3) is 0 Å². The second kappa shape index (κ2) is 7.94. The van der Waals surface area contributed by atoms with E-state index in [0.717, 1.165) is 21.2 Å². The minimum absolute atomic E-state index is 0.0678. The van der Waals surface area contributed by atoms with E-state index >= 15 is 0 Å². The monoisotopic (exact) mass is 395 g/mol. The third kappa shape index (κ3) is 4.04. The largest absolute Gasteiger partial charge is 0.347 e. The van der Waals surface area contributed by atoms with Gasteiger partial charge in [-0.05, 0) is 41.3 Å². The Morgan fingerprint density at radius 1 is 1.15 bits per heavy atom. The molecule has 1 aliphatic rings. The Morgan fingerprint density at radius 3 is 2.78 bits per heavy atom. The number of anilines is 1. The number of nitrogens with zero attached hydrogens (tertiary/aromatic N) is 2. The van der Waals surface area contributed by atoms with Gasteiger partial charge in [0.15, 0.2) is 0 Å². The average molecular weight is 396 g/mol. The molecule has 2 amide bonds. The zero-order valence-corrected chi connectivity index (χ0v) is 16.1. The summed E-state index contributed by atoms with van der Waals surface area (Å²) in [5.74, 6) is 0.362. The maximum atomic E-state index is 12.3. The van der Waals surface area contributed by atoms with E-state index in [4.69, 9.17) is 0 Å². The summed E-state index contributed by atoms with van der Waals surface area (Å²) in [6.45, 7) is 0.997. The van der Waals surface area contributed by atoms with Crippen molar-refractivity contribution in [1.82, 2.24) is 10.3 Å². The minimum atomic E-state index is -0.102. The third-order valence-electron chi connectivity index (χ3n) is 4.24. The van der Waals surface area contributed by atoms with Gasteiger partial charge < -0.3 is 10.2 Å². The molecule has 0 aliphatic carbocycles. The summed E-state index contributed by atoms with van der Waals surface area (Å²) < 4.78 is 0. The Kier molecular flexibility index (Phi) is 5.22. The van der Waals surface area contributed by atoms with Crippen molar-refractivity contribution in [2.45, 2.75) is 18.1 Å². The van der Waals surface area contributed by atoms with Gasteiger partial charge in [0.25, 0.3) is 5.91 Å². The number of amides is 2.